The third-order valence-corrected chi connectivity index (χ3v) is 3.59. The second-order valence-electron chi connectivity index (χ2n) is 5.47. The molecular weight excluding hydrogens is 440 g/mol. The molecule has 0 amide bonds. The minimum Gasteiger partial charge on any atom is -0.394 e. The summed E-state index contributed by atoms with van der Waals surface area (Å²) in [6.07, 6.45) is 7.33. The zero-order valence-corrected chi connectivity index (χ0v) is 19.9. The Labute approximate surface area is 182 Å². The Morgan fingerprint density at radius 3 is 1.53 bits per heavy atom. The lowest BCUT2D eigenvalue weighted by Crippen LogP contribution is -2.09. The smallest absolute Gasteiger partial charge is 0.264 e. The molecule has 0 bridgehead atoms. The Morgan fingerprint density at radius 1 is 0.733 bits per heavy atom. The normalized spacial score (nSPS) is 10.9. The maximum Gasteiger partial charge on any atom is 0.264 e. The van der Waals surface area contributed by atoms with Crippen LogP contribution in [0.5, 0.6) is 0 Å². The van der Waals surface area contributed by atoms with Crippen LogP contribution >= 0.6 is 0 Å². The summed E-state index contributed by atoms with van der Waals surface area (Å²) in [5, 5.41) is 8.13. The molecule has 182 valence electrons. The second-order valence-corrected chi connectivity index (χ2v) is 8.76. The molecule has 10 nitrogen and oxygen atoms in total. The summed E-state index contributed by atoms with van der Waals surface area (Å²) in [4.78, 5) is 0. The topological polar surface area (TPSA) is 135 Å². The van der Waals surface area contributed by atoms with Crippen LogP contribution in [-0.4, -0.2) is 93.9 Å². The minimum absolute atomic E-state index is 0.0622. The first-order valence-electron chi connectivity index (χ1n) is 9.28. The van der Waals surface area contributed by atoms with Crippen molar-refractivity contribution in [1.82, 2.24) is 0 Å². The highest BCUT2D eigenvalue weighted by Crippen LogP contribution is 1.90. The van der Waals surface area contributed by atoms with Crippen molar-refractivity contribution < 1.29 is 44.5 Å². The molecule has 0 radical (unpaired) electrons. The van der Waals surface area contributed by atoms with Crippen LogP contribution in [0.1, 0.15) is 19.8 Å². The van der Waals surface area contributed by atoms with Gasteiger partial charge in [-0.05, 0) is 6.42 Å². The van der Waals surface area contributed by atoms with Gasteiger partial charge in [-0.2, -0.15) is 16.8 Å². The van der Waals surface area contributed by atoms with Gasteiger partial charge in [-0.25, -0.2) is 0 Å². The van der Waals surface area contributed by atoms with Crippen LogP contribution in [0, 0.1) is 0 Å². The van der Waals surface area contributed by atoms with Crippen molar-refractivity contribution in [1.29, 1.82) is 0 Å². The van der Waals surface area contributed by atoms with Crippen LogP contribution in [-0.2, 0) is 42.8 Å². The lowest BCUT2D eigenvalue weighted by molar-refractivity contribution is 0.100. The largest absolute Gasteiger partial charge is 0.394 e. The molecule has 0 aromatic carbocycles. The summed E-state index contributed by atoms with van der Waals surface area (Å²) in [7, 11) is -6.61. The summed E-state index contributed by atoms with van der Waals surface area (Å²) in [6, 6.07) is 0. The van der Waals surface area contributed by atoms with Crippen molar-refractivity contribution in [2.45, 2.75) is 19.8 Å². The fourth-order valence-electron chi connectivity index (χ4n) is 1.23. The first-order chi connectivity index (χ1) is 14.0. The van der Waals surface area contributed by atoms with Crippen molar-refractivity contribution in [3.05, 3.63) is 25.3 Å². The van der Waals surface area contributed by atoms with E-state index in [-0.39, 0.29) is 26.4 Å². The van der Waals surface area contributed by atoms with Crippen LogP contribution in [0.2, 0.25) is 0 Å². The van der Waals surface area contributed by atoms with E-state index in [1.807, 2.05) is 0 Å². The lowest BCUT2D eigenvalue weighted by Gasteiger charge is -2.02. The zero-order valence-electron chi connectivity index (χ0n) is 18.3. The van der Waals surface area contributed by atoms with Gasteiger partial charge in [-0.1, -0.05) is 25.5 Å². The third kappa shape index (κ3) is 45.7. The van der Waals surface area contributed by atoms with E-state index in [0.29, 0.717) is 33.0 Å². The predicted octanol–water partition coefficient (Wildman–Crippen LogP) is 1.13. The van der Waals surface area contributed by atoms with E-state index in [4.69, 9.17) is 19.3 Å². The number of rotatable bonds is 17. The summed E-state index contributed by atoms with van der Waals surface area (Å²) < 4.78 is 65.2. The Kier molecular flexibility index (Phi) is 27.5. The molecule has 0 unspecified atom stereocenters. The third-order valence-electron chi connectivity index (χ3n) is 2.40. The first-order valence-corrected chi connectivity index (χ1v) is 12.9. The fraction of sp³-hybridized carbons (Fsp3) is 0.778. The van der Waals surface area contributed by atoms with E-state index in [9.17, 15) is 16.8 Å². The van der Waals surface area contributed by atoms with Gasteiger partial charge in [0.25, 0.3) is 20.2 Å². The average molecular weight is 479 g/mol. The average Bonchev–Trinajstić information content (AvgIpc) is 2.64. The molecule has 0 saturated heterocycles. The van der Waals surface area contributed by atoms with E-state index in [0.717, 1.165) is 25.4 Å². The van der Waals surface area contributed by atoms with Crippen molar-refractivity contribution >= 4 is 20.2 Å². The van der Waals surface area contributed by atoms with E-state index in [1.165, 1.54) is 0 Å². The highest BCUT2D eigenvalue weighted by Gasteiger charge is 2.00. The number of unbranched alkanes of at least 4 members (excludes halogenated alkanes) is 1. The second kappa shape index (κ2) is 24.4. The molecule has 0 heterocycles. The number of aliphatic hydroxyl groups excluding tert-OH is 1. The van der Waals surface area contributed by atoms with Gasteiger partial charge in [0.15, 0.2) is 0 Å². The molecule has 1 N–H and O–H groups in total. The van der Waals surface area contributed by atoms with Gasteiger partial charge in [0.1, 0.15) is 0 Å². The van der Waals surface area contributed by atoms with Crippen molar-refractivity contribution in [3.8, 4) is 0 Å². The Hall–Kier alpha value is -0.860. The van der Waals surface area contributed by atoms with Crippen LogP contribution in [0.15, 0.2) is 25.3 Å². The van der Waals surface area contributed by atoms with Crippen molar-refractivity contribution in [3.63, 3.8) is 0 Å². The summed E-state index contributed by atoms with van der Waals surface area (Å²) in [5.74, 6) is 0. The molecule has 0 spiro atoms. The molecule has 0 aromatic heterocycles. The zero-order chi connectivity index (χ0) is 23.7. The molecule has 0 rings (SSSR count). The molecule has 0 aliphatic carbocycles. The molecule has 30 heavy (non-hydrogen) atoms. The summed E-state index contributed by atoms with van der Waals surface area (Å²) >= 11 is 0. The first kappa shape index (κ1) is 33.8. The Balaban J connectivity index is -0.000000378. The predicted molar refractivity (Wildman–Crippen MR) is 116 cm³/mol. The van der Waals surface area contributed by atoms with E-state index >= 15 is 0 Å². The summed E-state index contributed by atoms with van der Waals surface area (Å²) in [6.45, 7) is 11.8. The van der Waals surface area contributed by atoms with Gasteiger partial charge in [-0.15, -0.1) is 13.2 Å². The Morgan fingerprint density at radius 2 is 1.17 bits per heavy atom. The molecule has 0 aliphatic rings. The van der Waals surface area contributed by atoms with Crippen molar-refractivity contribution in [2.24, 2.45) is 0 Å². The number of hydrogen-bond donors (Lipinski definition) is 1. The van der Waals surface area contributed by atoms with Gasteiger partial charge < -0.3 is 19.3 Å². The van der Waals surface area contributed by atoms with Crippen LogP contribution in [0.25, 0.3) is 0 Å². The standard InChI is InChI=1S/C7H16O4S.C6H12O4S.C5H10O2/c1-3-4-5-10-6-7-11-12(2,8)9;1-3-4-9-5-6-10-11(2,7)8;1-2-4-7-5-3-6/h3-7H2,1-2H3;3H,1,4-6H2,2H3;2,6H,1,3-5H2. The monoisotopic (exact) mass is 478 g/mol. The number of ether oxygens (including phenoxy) is 3. The van der Waals surface area contributed by atoms with Gasteiger partial charge >= 0.3 is 0 Å². The highest BCUT2D eigenvalue weighted by molar-refractivity contribution is 7.86. The quantitative estimate of drug-likeness (QED) is 0.184. The number of hydrogen-bond acceptors (Lipinski definition) is 10. The van der Waals surface area contributed by atoms with Crippen molar-refractivity contribution in [2.75, 3.05) is 72.0 Å². The molecule has 0 aliphatic heterocycles. The van der Waals surface area contributed by atoms with Gasteiger partial charge in [0.05, 0.1) is 65.4 Å². The van der Waals surface area contributed by atoms with E-state index in [1.54, 1.807) is 12.2 Å². The maximum atomic E-state index is 10.4. The van der Waals surface area contributed by atoms with E-state index in [2.05, 4.69) is 28.4 Å². The Bertz CT molecular complexity index is 574. The molecule has 0 fully saturated rings. The maximum absolute atomic E-state index is 10.4. The molecule has 0 aromatic rings. The van der Waals surface area contributed by atoms with Gasteiger partial charge in [-0.3, -0.25) is 8.37 Å². The van der Waals surface area contributed by atoms with Crippen LogP contribution in [0.3, 0.4) is 0 Å². The highest BCUT2D eigenvalue weighted by atomic mass is 32.2. The van der Waals surface area contributed by atoms with Crippen LogP contribution < -0.4 is 0 Å². The number of aliphatic hydroxyl groups is 1. The minimum atomic E-state index is -3.32. The molecule has 0 saturated carbocycles. The summed E-state index contributed by atoms with van der Waals surface area (Å²) in [5.41, 5.74) is 0. The molecule has 12 heteroatoms. The van der Waals surface area contributed by atoms with Crippen LogP contribution in [0.4, 0.5) is 0 Å². The van der Waals surface area contributed by atoms with Gasteiger partial charge in [0.2, 0.25) is 0 Å². The SMILES string of the molecule is C=CCOCCO.C=CCOCCOS(C)(=O)=O.CCCCOCCOS(C)(=O)=O. The van der Waals surface area contributed by atoms with E-state index < -0.39 is 20.2 Å². The fourth-order valence-corrected chi connectivity index (χ4v) is 1.98. The molecule has 0 atom stereocenters. The molecular formula is C18H38O10S2. The van der Waals surface area contributed by atoms with Gasteiger partial charge in [0, 0.05) is 6.61 Å². The lowest BCUT2D eigenvalue weighted by atomic mass is 10.4.